The molecule has 1 aliphatic carbocycles. The van der Waals surface area contributed by atoms with Crippen LogP contribution < -0.4 is 0 Å². The highest BCUT2D eigenvalue weighted by Crippen LogP contribution is 2.29. The van der Waals surface area contributed by atoms with Crippen LogP contribution in [-0.4, -0.2) is 53.6 Å². The third-order valence-electron chi connectivity index (χ3n) is 6.15. The summed E-state index contributed by atoms with van der Waals surface area (Å²) in [5, 5.41) is 4.92. The van der Waals surface area contributed by atoms with Gasteiger partial charge in [0, 0.05) is 38.4 Å². The molecule has 0 bridgehead atoms. The van der Waals surface area contributed by atoms with Crippen molar-refractivity contribution in [3.8, 4) is 5.69 Å². The van der Waals surface area contributed by atoms with Gasteiger partial charge in [-0.1, -0.05) is 24.3 Å². The first kappa shape index (κ1) is 20.4. The van der Waals surface area contributed by atoms with Crippen molar-refractivity contribution < 1.29 is 12.8 Å². The number of rotatable bonds is 5. The molecule has 0 saturated carbocycles. The number of sulfonamides is 1. The molecule has 8 heteroatoms. The van der Waals surface area contributed by atoms with E-state index >= 15 is 0 Å². The molecule has 5 rings (SSSR count). The molecule has 2 aliphatic rings. The summed E-state index contributed by atoms with van der Waals surface area (Å²) in [6.07, 6.45) is 3.23. The molecule has 1 aromatic heterocycles. The quantitative estimate of drug-likeness (QED) is 0.612. The van der Waals surface area contributed by atoms with E-state index < -0.39 is 15.8 Å². The van der Waals surface area contributed by atoms with Crippen LogP contribution in [0, 0.1) is 5.82 Å². The molecule has 0 amide bonds. The van der Waals surface area contributed by atoms with Gasteiger partial charge in [-0.3, -0.25) is 4.90 Å². The molecular formula is C23H25FN4O2S. The van der Waals surface area contributed by atoms with Gasteiger partial charge in [-0.25, -0.2) is 17.5 Å². The maximum absolute atomic E-state index is 13.5. The standard InChI is InChI=1S/C23H25FN4O2S/c24-18-6-4-9-20(16-18)31(29,30)27-14-12-26(13-15-27)17-22-21-10-5-11-23(21)28(25-22)19-7-2-1-3-8-19/h1-4,6-9,16H,5,10-15,17H2. The highest BCUT2D eigenvalue weighted by atomic mass is 32.2. The number of nitrogens with zero attached hydrogens (tertiary/aromatic N) is 4. The van der Waals surface area contributed by atoms with Crippen molar-refractivity contribution in [2.75, 3.05) is 26.2 Å². The normalized spacial score (nSPS) is 17.7. The number of halogens is 1. The van der Waals surface area contributed by atoms with Crippen molar-refractivity contribution in [2.24, 2.45) is 0 Å². The Morgan fingerprint density at radius 3 is 2.45 bits per heavy atom. The van der Waals surface area contributed by atoms with Crippen molar-refractivity contribution in [1.29, 1.82) is 0 Å². The zero-order valence-electron chi connectivity index (χ0n) is 17.2. The third kappa shape index (κ3) is 3.91. The zero-order valence-corrected chi connectivity index (χ0v) is 18.1. The molecule has 1 aliphatic heterocycles. The summed E-state index contributed by atoms with van der Waals surface area (Å²) in [6, 6.07) is 15.4. The summed E-state index contributed by atoms with van der Waals surface area (Å²) in [5.74, 6) is -0.539. The van der Waals surface area contributed by atoms with Crippen LogP contribution in [0.1, 0.15) is 23.4 Å². The maximum atomic E-state index is 13.5. The Morgan fingerprint density at radius 2 is 1.71 bits per heavy atom. The first-order valence-electron chi connectivity index (χ1n) is 10.7. The van der Waals surface area contributed by atoms with Crippen LogP contribution in [0.25, 0.3) is 5.69 Å². The van der Waals surface area contributed by atoms with Crippen molar-refractivity contribution >= 4 is 10.0 Å². The monoisotopic (exact) mass is 440 g/mol. The summed E-state index contributed by atoms with van der Waals surface area (Å²) < 4.78 is 42.7. The molecule has 1 fully saturated rings. The summed E-state index contributed by atoms with van der Waals surface area (Å²) in [7, 11) is -3.68. The minimum Gasteiger partial charge on any atom is -0.295 e. The van der Waals surface area contributed by atoms with Gasteiger partial charge in [-0.05, 0) is 55.2 Å². The average Bonchev–Trinajstić information content (AvgIpc) is 3.39. The Balaban J connectivity index is 1.30. The molecular weight excluding hydrogens is 415 g/mol. The lowest BCUT2D eigenvalue weighted by Gasteiger charge is -2.33. The minimum absolute atomic E-state index is 0.0142. The molecule has 2 heterocycles. The van der Waals surface area contributed by atoms with E-state index in [0.29, 0.717) is 26.2 Å². The predicted molar refractivity (Wildman–Crippen MR) is 116 cm³/mol. The number of para-hydroxylation sites is 1. The fraction of sp³-hybridized carbons (Fsp3) is 0.348. The Bertz CT molecular complexity index is 1190. The number of hydrogen-bond donors (Lipinski definition) is 0. The topological polar surface area (TPSA) is 58.4 Å². The highest BCUT2D eigenvalue weighted by molar-refractivity contribution is 7.89. The average molecular weight is 441 g/mol. The molecule has 31 heavy (non-hydrogen) atoms. The lowest BCUT2D eigenvalue weighted by molar-refractivity contribution is 0.179. The van der Waals surface area contributed by atoms with Gasteiger partial charge in [-0.15, -0.1) is 0 Å². The summed E-state index contributed by atoms with van der Waals surface area (Å²) in [4.78, 5) is 2.27. The van der Waals surface area contributed by atoms with E-state index in [0.717, 1.165) is 43.3 Å². The van der Waals surface area contributed by atoms with Crippen LogP contribution >= 0.6 is 0 Å². The van der Waals surface area contributed by atoms with E-state index in [4.69, 9.17) is 5.10 Å². The van der Waals surface area contributed by atoms with Crippen LogP contribution in [-0.2, 0) is 29.4 Å². The van der Waals surface area contributed by atoms with Gasteiger partial charge in [-0.2, -0.15) is 9.40 Å². The van der Waals surface area contributed by atoms with Crippen LogP contribution in [0.15, 0.2) is 59.5 Å². The fourth-order valence-corrected chi connectivity index (χ4v) is 5.99. The smallest absolute Gasteiger partial charge is 0.243 e. The van der Waals surface area contributed by atoms with Crippen molar-refractivity contribution in [1.82, 2.24) is 19.0 Å². The van der Waals surface area contributed by atoms with Crippen molar-refractivity contribution in [2.45, 2.75) is 30.7 Å². The van der Waals surface area contributed by atoms with Crippen LogP contribution in [0.2, 0.25) is 0 Å². The van der Waals surface area contributed by atoms with E-state index in [1.165, 1.54) is 33.8 Å². The van der Waals surface area contributed by atoms with Crippen LogP contribution in [0.5, 0.6) is 0 Å². The SMILES string of the molecule is O=S(=O)(c1cccc(F)c1)N1CCN(Cc2nn(-c3ccccc3)c3c2CCC3)CC1. The van der Waals surface area contributed by atoms with Gasteiger partial charge < -0.3 is 0 Å². The van der Waals surface area contributed by atoms with E-state index in [1.807, 2.05) is 18.2 Å². The Kier molecular flexibility index (Phi) is 5.37. The molecule has 0 unspecified atom stereocenters. The minimum atomic E-state index is -3.68. The van der Waals surface area contributed by atoms with Crippen LogP contribution in [0.3, 0.4) is 0 Å². The Morgan fingerprint density at radius 1 is 0.935 bits per heavy atom. The van der Waals surface area contributed by atoms with Gasteiger partial charge in [0.1, 0.15) is 5.82 Å². The van der Waals surface area contributed by atoms with E-state index in [-0.39, 0.29) is 4.90 Å². The second-order valence-electron chi connectivity index (χ2n) is 8.11. The number of aromatic nitrogens is 2. The molecule has 0 N–H and O–H groups in total. The Labute approximate surface area is 182 Å². The zero-order chi connectivity index (χ0) is 21.4. The second-order valence-corrected chi connectivity index (χ2v) is 10.0. The fourth-order valence-electron chi connectivity index (χ4n) is 4.54. The number of hydrogen-bond acceptors (Lipinski definition) is 4. The second kappa shape index (κ2) is 8.18. The van der Waals surface area contributed by atoms with E-state index in [2.05, 4.69) is 21.7 Å². The molecule has 1 saturated heterocycles. The van der Waals surface area contributed by atoms with E-state index in [9.17, 15) is 12.8 Å². The van der Waals surface area contributed by atoms with Crippen molar-refractivity contribution in [3.63, 3.8) is 0 Å². The van der Waals surface area contributed by atoms with E-state index in [1.54, 1.807) is 0 Å². The maximum Gasteiger partial charge on any atom is 0.243 e. The van der Waals surface area contributed by atoms with Crippen LogP contribution in [0.4, 0.5) is 4.39 Å². The first-order valence-corrected chi connectivity index (χ1v) is 12.1. The molecule has 6 nitrogen and oxygen atoms in total. The highest BCUT2D eigenvalue weighted by Gasteiger charge is 2.30. The molecule has 162 valence electrons. The van der Waals surface area contributed by atoms with Gasteiger partial charge in [0.15, 0.2) is 0 Å². The predicted octanol–water partition coefficient (Wildman–Crippen LogP) is 3.01. The molecule has 3 aromatic rings. The molecule has 2 aromatic carbocycles. The lowest BCUT2D eigenvalue weighted by atomic mass is 10.2. The van der Waals surface area contributed by atoms with Crippen molar-refractivity contribution in [3.05, 3.63) is 77.4 Å². The summed E-state index contributed by atoms with van der Waals surface area (Å²) >= 11 is 0. The Hall–Kier alpha value is -2.55. The van der Waals surface area contributed by atoms with Gasteiger partial charge in [0.2, 0.25) is 10.0 Å². The summed E-state index contributed by atoms with van der Waals surface area (Å²) in [5.41, 5.74) is 4.82. The van der Waals surface area contributed by atoms with Gasteiger partial charge >= 0.3 is 0 Å². The summed E-state index contributed by atoms with van der Waals surface area (Å²) in [6.45, 7) is 2.75. The number of fused-ring (bicyclic) bond motifs is 1. The number of piperazine rings is 1. The lowest BCUT2D eigenvalue weighted by Crippen LogP contribution is -2.48. The molecule has 0 spiro atoms. The third-order valence-corrected chi connectivity index (χ3v) is 8.05. The molecule has 0 radical (unpaired) electrons. The van der Waals surface area contributed by atoms with Gasteiger partial charge in [0.25, 0.3) is 0 Å². The number of benzene rings is 2. The van der Waals surface area contributed by atoms with Gasteiger partial charge in [0.05, 0.1) is 16.3 Å². The first-order chi connectivity index (χ1) is 15.0. The largest absolute Gasteiger partial charge is 0.295 e. The molecule has 0 atom stereocenters.